The number of hydrogen-bond acceptors (Lipinski definition) is 5. The highest BCUT2D eigenvalue weighted by Crippen LogP contribution is 2.18. The van der Waals surface area contributed by atoms with E-state index in [0.29, 0.717) is 18.0 Å². The predicted molar refractivity (Wildman–Crippen MR) is 114 cm³/mol. The van der Waals surface area contributed by atoms with Crippen LogP contribution in [0.15, 0.2) is 4.99 Å². The van der Waals surface area contributed by atoms with Crippen molar-refractivity contribution in [3.63, 3.8) is 0 Å². The Kier molecular flexibility index (Phi) is 9.47. The van der Waals surface area contributed by atoms with Gasteiger partial charge in [0.05, 0.1) is 13.2 Å². The molecule has 0 aromatic carbocycles. The SMILES string of the molecule is CC1CN(C(C)C)CC1NC(=NCC(=O)N(C)C)NCCCN1CCOCC1. The van der Waals surface area contributed by atoms with Crippen molar-refractivity contribution < 1.29 is 9.53 Å². The smallest absolute Gasteiger partial charge is 0.243 e. The van der Waals surface area contributed by atoms with Gasteiger partial charge in [0.15, 0.2) is 5.96 Å². The van der Waals surface area contributed by atoms with Gasteiger partial charge >= 0.3 is 0 Å². The van der Waals surface area contributed by atoms with E-state index in [1.165, 1.54) is 0 Å². The number of ether oxygens (including phenoxy) is 1. The summed E-state index contributed by atoms with van der Waals surface area (Å²) in [6, 6.07) is 0.897. The molecule has 2 saturated heterocycles. The topological polar surface area (TPSA) is 72.4 Å². The van der Waals surface area contributed by atoms with Crippen molar-refractivity contribution in [2.24, 2.45) is 10.9 Å². The lowest BCUT2D eigenvalue weighted by Crippen LogP contribution is -2.48. The number of rotatable bonds is 8. The first-order chi connectivity index (χ1) is 13.4. The molecule has 2 heterocycles. The molecule has 162 valence electrons. The molecule has 2 atom stereocenters. The Morgan fingerprint density at radius 2 is 1.96 bits per heavy atom. The second-order valence-electron chi connectivity index (χ2n) is 8.46. The van der Waals surface area contributed by atoms with Crippen molar-refractivity contribution in [1.29, 1.82) is 0 Å². The lowest BCUT2D eigenvalue weighted by Gasteiger charge is -2.27. The van der Waals surface area contributed by atoms with Gasteiger partial charge in [0.2, 0.25) is 5.91 Å². The second kappa shape index (κ2) is 11.6. The van der Waals surface area contributed by atoms with Crippen LogP contribution in [-0.4, -0.2) is 112 Å². The largest absolute Gasteiger partial charge is 0.379 e. The first kappa shape index (κ1) is 22.9. The highest BCUT2D eigenvalue weighted by molar-refractivity contribution is 5.85. The van der Waals surface area contributed by atoms with Crippen molar-refractivity contribution in [3.05, 3.63) is 0 Å². The van der Waals surface area contributed by atoms with Crippen LogP contribution in [0.4, 0.5) is 0 Å². The number of aliphatic imine (C=N–C) groups is 1. The molecule has 2 fully saturated rings. The quantitative estimate of drug-likeness (QED) is 0.343. The van der Waals surface area contributed by atoms with Gasteiger partial charge in [-0.1, -0.05) is 6.92 Å². The Balaban J connectivity index is 1.85. The Morgan fingerprint density at radius 1 is 1.25 bits per heavy atom. The van der Waals surface area contributed by atoms with Crippen LogP contribution >= 0.6 is 0 Å². The predicted octanol–water partition coefficient (Wildman–Crippen LogP) is 0.0608. The fraction of sp³-hybridized carbons (Fsp3) is 0.900. The van der Waals surface area contributed by atoms with Gasteiger partial charge < -0.3 is 20.3 Å². The van der Waals surface area contributed by atoms with Crippen LogP contribution in [0.3, 0.4) is 0 Å². The number of carbonyl (C=O) groups excluding carboxylic acids is 1. The summed E-state index contributed by atoms with van der Waals surface area (Å²) in [5, 5.41) is 7.01. The van der Waals surface area contributed by atoms with Crippen LogP contribution in [0, 0.1) is 5.92 Å². The summed E-state index contributed by atoms with van der Waals surface area (Å²) in [6.07, 6.45) is 1.04. The number of nitrogens with one attached hydrogen (secondary N) is 2. The van der Waals surface area contributed by atoms with Crippen LogP contribution in [0.5, 0.6) is 0 Å². The first-order valence-electron chi connectivity index (χ1n) is 10.7. The van der Waals surface area contributed by atoms with E-state index in [2.05, 4.69) is 46.2 Å². The number of guanidine groups is 1. The van der Waals surface area contributed by atoms with Gasteiger partial charge in [-0.2, -0.15) is 0 Å². The molecule has 2 unspecified atom stereocenters. The molecule has 1 amide bonds. The molecule has 0 aliphatic carbocycles. The minimum atomic E-state index is 0.0118. The molecule has 2 rings (SSSR count). The molecule has 2 N–H and O–H groups in total. The molecule has 0 radical (unpaired) electrons. The van der Waals surface area contributed by atoms with Crippen LogP contribution in [-0.2, 0) is 9.53 Å². The normalized spacial score (nSPS) is 24.6. The van der Waals surface area contributed by atoms with Gasteiger partial charge in [-0.3, -0.25) is 14.6 Å². The van der Waals surface area contributed by atoms with E-state index in [1.807, 2.05) is 0 Å². The molecule has 8 nitrogen and oxygen atoms in total. The molecular formula is C20H40N6O2. The molecule has 0 bridgehead atoms. The number of carbonyl (C=O) groups is 1. The minimum Gasteiger partial charge on any atom is -0.379 e. The molecular weight excluding hydrogens is 356 g/mol. The van der Waals surface area contributed by atoms with E-state index >= 15 is 0 Å². The Bertz CT molecular complexity index is 505. The van der Waals surface area contributed by atoms with Gasteiger partial charge in [0.25, 0.3) is 0 Å². The molecule has 8 heteroatoms. The van der Waals surface area contributed by atoms with Crippen molar-refractivity contribution in [2.75, 3.05) is 73.1 Å². The van der Waals surface area contributed by atoms with E-state index in [9.17, 15) is 4.79 Å². The van der Waals surface area contributed by atoms with E-state index in [0.717, 1.165) is 64.9 Å². The number of amides is 1. The maximum Gasteiger partial charge on any atom is 0.243 e. The first-order valence-corrected chi connectivity index (χ1v) is 10.7. The van der Waals surface area contributed by atoms with E-state index in [1.54, 1.807) is 19.0 Å². The van der Waals surface area contributed by atoms with E-state index in [-0.39, 0.29) is 12.5 Å². The number of likely N-dealkylation sites (tertiary alicyclic amines) is 1. The van der Waals surface area contributed by atoms with Gasteiger partial charge in [0.1, 0.15) is 6.54 Å². The highest BCUT2D eigenvalue weighted by Gasteiger charge is 2.31. The summed E-state index contributed by atoms with van der Waals surface area (Å²) in [4.78, 5) is 23.0. The van der Waals surface area contributed by atoms with Crippen molar-refractivity contribution >= 4 is 11.9 Å². The summed E-state index contributed by atoms with van der Waals surface area (Å²) in [5.74, 6) is 1.31. The van der Waals surface area contributed by atoms with Gasteiger partial charge in [-0.05, 0) is 32.7 Å². The second-order valence-corrected chi connectivity index (χ2v) is 8.46. The summed E-state index contributed by atoms with van der Waals surface area (Å²) < 4.78 is 5.40. The van der Waals surface area contributed by atoms with Crippen molar-refractivity contribution in [3.8, 4) is 0 Å². The molecule has 0 aromatic heterocycles. The lowest BCUT2D eigenvalue weighted by molar-refractivity contribution is -0.127. The fourth-order valence-electron chi connectivity index (χ4n) is 3.56. The van der Waals surface area contributed by atoms with Crippen LogP contribution in [0.2, 0.25) is 0 Å². The molecule has 0 spiro atoms. The highest BCUT2D eigenvalue weighted by atomic mass is 16.5. The van der Waals surface area contributed by atoms with Gasteiger partial charge in [-0.15, -0.1) is 0 Å². The molecule has 2 aliphatic heterocycles. The maximum atomic E-state index is 12.0. The van der Waals surface area contributed by atoms with Crippen LogP contribution < -0.4 is 10.6 Å². The molecule has 0 saturated carbocycles. The minimum absolute atomic E-state index is 0.0118. The summed E-state index contributed by atoms with van der Waals surface area (Å²) in [7, 11) is 3.53. The Hall–Kier alpha value is -1.38. The average molecular weight is 397 g/mol. The fourth-order valence-corrected chi connectivity index (χ4v) is 3.56. The molecule has 28 heavy (non-hydrogen) atoms. The number of hydrogen-bond donors (Lipinski definition) is 2. The average Bonchev–Trinajstić information content (AvgIpc) is 3.04. The van der Waals surface area contributed by atoms with Gasteiger partial charge in [0, 0.05) is 58.9 Å². The summed E-state index contributed by atoms with van der Waals surface area (Å²) in [5.41, 5.74) is 0. The summed E-state index contributed by atoms with van der Waals surface area (Å²) in [6.45, 7) is 14.6. The number of likely N-dealkylation sites (N-methyl/N-ethyl adjacent to an activating group) is 1. The number of nitrogens with zero attached hydrogens (tertiary/aromatic N) is 4. The van der Waals surface area contributed by atoms with E-state index in [4.69, 9.17) is 4.74 Å². The Labute approximate surface area is 170 Å². The van der Waals surface area contributed by atoms with Crippen LogP contribution in [0.25, 0.3) is 0 Å². The number of morpholine rings is 1. The van der Waals surface area contributed by atoms with E-state index < -0.39 is 0 Å². The maximum absolute atomic E-state index is 12.0. The Morgan fingerprint density at radius 3 is 2.57 bits per heavy atom. The van der Waals surface area contributed by atoms with Crippen molar-refractivity contribution in [2.45, 2.75) is 39.3 Å². The van der Waals surface area contributed by atoms with Crippen LogP contribution in [0.1, 0.15) is 27.2 Å². The molecule has 2 aliphatic rings. The zero-order valence-electron chi connectivity index (χ0n) is 18.4. The lowest BCUT2D eigenvalue weighted by atomic mass is 10.1. The zero-order valence-corrected chi connectivity index (χ0v) is 18.4. The standard InChI is InChI=1S/C20H40N6O2/c1-16(2)26-14-17(3)18(15-26)23-20(22-13-19(27)24(4)5)21-7-6-8-25-9-11-28-12-10-25/h16-18H,6-15H2,1-5H3,(H2,21,22,23). The zero-order chi connectivity index (χ0) is 20.5. The third kappa shape index (κ3) is 7.56. The third-order valence-corrected chi connectivity index (χ3v) is 5.61. The molecule has 0 aromatic rings. The van der Waals surface area contributed by atoms with Crippen molar-refractivity contribution in [1.82, 2.24) is 25.3 Å². The third-order valence-electron chi connectivity index (χ3n) is 5.61. The summed E-state index contributed by atoms with van der Waals surface area (Å²) >= 11 is 0. The monoisotopic (exact) mass is 396 g/mol. The van der Waals surface area contributed by atoms with Gasteiger partial charge in [-0.25, -0.2) is 4.99 Å².